The molecule has 0 bridgehead atoms. The standard InChI is InChI=1S/C19H29N3O4/c1-5-15(20)17(23)21-18(24)16(11-12(2)3)22(13(4)19(25)26)14-9-7-6-8-10-14/h6-10,12-13,15-16H,5,11,20H2,1-4H3,(H,25,26)(H,21,23,24)/t13-,15-,16+/m1/s1. The van der Waals surface area contributed by atoms with E-state index in [4.69, 9.17) is 5.73 Å². The van der Waals surface area contributed by atoms with Crippen LogP contribution >= 0.6 is 0 Å². The number of amides is 2. The molecule has 7 heteroatoms. The smallest absolute Gasteiger partial charge is 0.326 e. The van der Waals surface area contributed by atoms with E-state index in [9.17, 15) is 19.5 Å². The number of hydrogen-bond donors (Lipinski definition) is 3. The zero-order valence-corrected chi connectivity index (χ0v) is 15.8. The summed E-state index contributed by atoms with van der Waals surface area (Å²) in [5, 5.41) is 11.9. The Bertz CT molecular complexity index is 618. The number of nitrogens with one attached hydrogen (secondary N) is 1. The van der Waals surface area contributed by atoms with Gasteiger partial charge >= 0.3 is 5.97 Å². The predicted molar refractivity (Wildman–Crippen MR) is 101 cm³/mol. The molecule has 1 aromatic rings. The van der Waals surface area contributed by atoms with Gasteiger partial charge in [0, 0.05) is 5.69 Å². The first kappa shape index (κ1) is 21.6. The minimum atomic E-state index is -1.05. The van der Waals surface area contributed by atoms with E-state index in [0.717, 1.165) is 0 Å². The quantitative estimate of drug-likeness (QED) is 0.616. The Balaban J connectivity index is 3.24. The summed E-state index contributed by atoms with van der Waals surface area (Å²) in [7, 11) is 0. The van der Waals surface area contributed by atoms with E-state index in [1.807, 2.05) is 19.9 Å². The number of nitrogens with zero attached hydrogens (tertiary/aromatic N) is 1. The number of hydrogen-bond acceptors (Lipinski definition) is 5. The van der Waals surface area contributed by atoms with Crippen LogP contribution in [0.2, 0.25) is 0 Å². The molecule has 1 aromatic carbocycles. The summed E-state index contributed by atoms with van der Waals surface area (Å²) in [6.07, 6.45) is 0.800. The first-order chi connectivity index (χ1) is 12.2. The molecular weight excluding hydrogens is 334 g/mol. The highest BCUT2D eigenvalue weighted by Gasteiger charge is 2.34. The summed E-state index contributed by atoms with van der Waals surface area (Å²) in [6.45, 7) is 7.15. The molecular formula is C19H29N3O4. The number of nitrogens with two attached hydrogens (primary N) is 1. The Labute approximate surface area is 154 Å². The van der Waals surface area contributed by atoms with Gasteiger partial charge in [-0.05, 0) is 37.8 Å². The van der Waals surface area contributed by atoms with E-state index in [1.54, 1.807) is 36.1 Å². The van der Waals surface area contributed by atoms with Gasteiger partial charge in [-0.25, -0.2) is 4.79 Å². The number of carbonyl (C=O) groups excluding carboxylic acids is 2. The summed E-state index contributed by atoms with van der Waals surface area (Å²) >= 11 is 0. The number of carboxylic acid groups (broad SMARTS) is 1. The molecule has 0 aliphatic rings. The molecule has 0 aliphatic heterocycles. The van der Waals surface area contributed by atoms with Gasteiger partial charge in [0.25, 0.3) is 0 Å². The average Bonchev–Trinajstić information content (AvgIpc) is 2.60. The Morgan fingerprint density at radius 3 is 2.15 bits per heavy atom. The van der Waals surface area contributed by atoms with Gasteiger partial charge in [0.2, 0.25) is 11.8 Å². The lowest BCUT2D eigenvalue weighted by molar-refractivity contribution is -0.138. The molecule has 0 heterocycles. The van der Waals surface area contributed by atoms with Gasteiger partial charge in [0.15, 0.2) is 0 Å². The van der Waals surface area contributed by atoms with Crippen molar-refractivity contribution in [1.82, 2.24) is 5.32 Å². The van der Waals surface area contributed by atoms with E-state index in [2.05, 4.69) is 5.32 Å². The van der Waals surface area contributed by atoms with Crippen molar-refractivity contribution in [2.45, 2.75) is 58.7 Å². The largest absolute Gasteiger partial charge is 0.480 e. The van der Waals surface area contributed by atoms with Crippen LogP contribution in [0.3, 0.4) is 0 Å². The summed E-state index contributed by atoms with van der Waals surface area (Å²) in [4.78, 5) is 38.1. The number of benzene rings is 1. The number of carbonyl (C=O) groups is 3. The molecule has 0 fully saturated rings. The number of imide groups is 1. The maximum Gasteiger partial charge on any atom is 0.326 e. The zero-order valence-electron chi connectivity index (χ0n) is 15.8. The van der Waals surface area contributed by atoms with Crippen LogP contribution in [-0.4, -0.2) is 41.0 Å². The van der Waals surface area contributed by atoms with E-state index >= 15 is 0 Å². The van der Waals surface area contributed by atoms with Crippen LogP contribution in [0, 0.1) is 5.92 Å². The highest BCUT2D eigenvalue weighted by molar-refractivity contribution is 6.01. The number of rotatable bonds is 9. The Morgan fingerprint density at radius 2 is 1.69 bits per heavy atom. The van der Waals surface area contributed by atoms with Crippen molar-refractivity contribution >= 4 is 23.5 Å². The first-order valence-corrected chi connectivity index (χ1v) is 8.85. The number of carboxylic acids is 1. The van der Waals surface area contributed by atoms with Gasteiger partial charge in [-0.3, -0.25) is 14.9 Å². The SMILES string of the molecule is CC[C@@H](N)C(=O)NC(=O)[C@H](CC(C)C)N(c1ccccc1)[C@H](C)C(=O)O. The lowest BCUT2D eigenvalue weighted by Gasteiger charge is -2.36. The van der Waals surface area contributed by atoms with Crippen molar-refractivity contribution in [2.75, 3.05) is 4.90 Å². The summed E-state index contributed by atoms with van der Waals surface area (Å²) in [6, 6.07) is 6.34. The zero-order chi connectivity index (χ0) is 19.9. The fraction of sp³-hybridized carbons (Fsp3) is 0.526. The molecule has 4 N–H and O–H groups in total. The fourth-order valence-corrected chi connectivity index (χ4v) is 2.67. The maximum atomic E-state index is 12.8. The number of anilines is 1. The maximum absolute atomic E-state index is 12.8. The molecule has 1 rings (SSSR count). The molecule has 0 saturated carbocycles. The minimum absolute atomic E-state index is 0.118. The highest BCUT2D eigenvalue weighted by Crippen LogP contribution is 2.24. The Kier molecular flexibility index (Phi) is 8.25. The van der Waals surface area contributed by atoms with Crippen molar-refractivity contribution in [3.05, 3.63) is 30.3 Å². The van der Waals surface area contributed by atoms with Gasteiger partial charge in [0.05, 0.1) is 6.04 Å². The van der Waals surface area contributed by atoms with Crippen LogP contribution in [0.5, 0.6) is 0 Å². The first-order valence-electron chi connectivity index (χ1n) is 8.85. The number of aliphatic carboxylic acids is 1. The lowest BCUT2D eigenvalue weighted by atomic mass is 9.99. The van der Waals surface area contributed by atoms with Crippen LogP contribution in [0.25, 0.3) is 0 Å². The van der Waals surface area contributed by atoms with Crippen LogP contribution < -0.4 is 16.0 Å². The lowest BCUT2D eigenvalue weighted by Crippen LogP contribution is -2.56. The van der Waals surface area contributed by atoms with Gasteiger partial charge in [0.1, 0.15) is 12.1 Å². The summed E-state index contributed by atoms with van der Waals surface area (Å²) in [5.74, 6) is -2.02. The van der Waals surface area contributed by atoms with Crippen molar-refractivity contribution in [1.29, 1.82) is 0 Å². The molecule has 0 saturated heterocycles. The van der Waals surface area contributed by atoms with Gasteiger partial charge < -0.3 is 15.7 Å². The van der Waals surface area contributed by atoms with Gasteiger partial charge in [-0.2, -0.15) is 0 Å². The van der Waals surface area contributed by atoms with E-state index in [0.29, 0.717) is 18.5 Å². The minimum Gasteiger partial charge on any atom is -0.480 e. The third-order valence-corrected chi connectivity index (χ3v) is 4.19. The molecule has 3 atom stereocenters. The average molecular weight is 363 g/mol. The van der Waals surface area contributed by atoms with Crippen molar-refractivity contribution in [3.8, 4) is 0 Å². The summed E-state index contributed by atoms with van der Waals surface area (Å²) < 4.78 is 0. The van der Waals surface area contributed by atoms with Gasteiger partial charge in [-0.1, -0.05) is 39.0 Å². The van der Waals surface area contributed by atoms with Gasteiger partial charge in [-0.15, -0.1) is 0 Å². The third kappa shape index (κ3) is 5.84. The summed E-state index contributed by atoms with van der Waals surface area (Å²) in [5.41, 5.74) is 6.30. The second-order valence-electron chi connectivity index (χ2n) is 6.77. The van der Waals surface area contributed by atoms with Crippen molar-refractivity contribution in [2.24, 2.45) is 11.7 Å². The van der Waals surface area contributed by atoms with Crippen LogP contribution in [0.1, 0.15) is 40.5 Å². The second-order valence-corrected chi connectivity index (χ2v) is 6.77. The Morgan fingerprint density at radius 1 is 1.12 bits per heavy atom. The molecule has 26 heavy (non-hydrogen) atoms. The second kappa shape index (κ2) is 9.91. The van der Waals surface area contributed by atoms with E-state index in [-0.39, 0.29) is 5.92 Å². The molecule has 144 valence electrons. The third-order valence-electron chi connectivity index (χ3n) is 4.19. The predicted octanol–water partition coefficient (Wildman–Crippen LogP) is 1.76. The number of para-hydroxylation sites is 1. The molecule has 7 nitrogen and oxygen atoms in total. The Hall–Kier alpha value is -2.41. The molecule has 2 amide bonds. The van der Waals surface area contributed by atoms with Crippen LogP contribution in [0.15, 0.2) is 30.3 Å². The van der Waals surface area contributed by atoms with Crippen molar-refractivity contribution in [3.63, 3.8) is 0 Å². The molecule has 0 aliphatic carbocycles. The van der Waals surface area contributed by atoms with Crippen molar-refractivity contribution < 1.29 is 19.5 Å². The molecule has 0 aromatic heterocycles. The topological polar surface area (TPSA) is 113 Å². The monoisotopic (exact) mass is 363 g/mol. The van der Waals surface area contributed by atoms with Crippen LogP contribution in [0.4, 0.5) is 5.69 Å². The highest BCUT2D eigenvalue weighted by atomic mass is 16.4. The molecule has 0 unspecified atom stereocenters. The molecule has 0 radical (unpaired) electrons. The van der Waals surface area contributed by atoms with E-state index < -0.39 is 35.9 Å². The van der Waals surface area contributed by atoms with E-state index in [1.165, 1.54) is 6.92 Å². The van der Waals surface area contributed by atoms with Crippen LogP contribution in [-0.2, 0) is 14.4 Å². The normalized spacial score (nSPS) is 14.4. The molecule has 0 spiro atoms. The fourth-order valence-electron chi connectivity index (χ4n) is 2.67.